The summed E-state index contributed by atoms with van der Waals surface area (Å²) in [5.41, 5.74) is 9.55. The zero-order valence-electron chi connectivity index (χ0n) is 16.7. The summed E-state index contributed by atoms with van der Waals surface area (Å²) < 4.78 is 12.8. The number of anilines is 2. The van der Waals surface area contributed by atoms with Crippen molar-refractivity contribution in [2.45, 2.75) is 0 Å². The molecular weight excluding hydrogens is 380 g/mol. The van der Waals surface area contributed by atoms with Gasteiger partial charge in [-0.1, -0.05) is 30.3 Å². The average molecular weight is 402 g/mol. The molecule has 8 nitrogen and oxygen atoms in total. The van der Waals surface area contributed by atoms with Crippen LogP contribution in [0, 0.1) is 0 Å². The molecule has 0 atom stereocenters. The average Bonchev–Trinajstić information content (AvgIpc) is 3.16. The van der Waals surface area contributed by atoms with E-state index < -0.39 is 0 Å². The summed E-state index contributed by atoms with van der Waals surface area (Å²) in [6.07, 6.45) is 0. The van der Waals surface area contributed by atoms with E-state index in [4.69, 9.17) is 30.3 Å². The van der Waals surface area contributed by atoms with Crippen LogP contribution in [0.5, 0.6) is 5.75 Å². The molecule has 0 bridgehead atoms. The van der Waals surface area contributed by atoms with Crippen molar-refractivity contribution in [1.29, 1.82) is 0 Å². The number of hydrogen-bond donors (Lipinski definition) is 1. The van der Waals surface area contributed by atoms with Crippen molar-refractivity contribution in [3.8, 4) is 22.7 Å². The molecule has 30 heavy (non-hydrogen) atoms. The molecule has 1 fully saturated rings. The van der Waals surface area contributed by atoms with E-state index in [1.807, 2.05) is 54.6 Å². The van der Waals surface area contributed by atoms with Crippen molar-refractivity contribution < 1.29 is 9.47 Å². The molecule has 0 radical (unpaired) electrons. The summed E-state index contributed by atoms with van der Waals surface area (Å²) in [5.74, 6) is 1.83. The molecule has 8 heteroatoms. The first-order valence-corrected chi connectivity index (χ1v) is 9.84. The molecule has 0 unspecified atom stereocenters. The maximum atomic E-state index is 6.58. The summed E-state index contributed by atoms with van der Waals surface area (Å²) in [6.45, 7) is 2.75. The molecule has 3 heterocycles. The highest BCUT2D eigenvalue weighted by atomic mass is 16.5. The number of morpholine rings is 1. The first-order chi connectivity index (χ1) is 14.8. The molecule has 5 rings (SSSR count). The molecule has 2 N–H and O–H groups in total. The minimum absolute atomic E-state index is 0.491. The molecule has 2 aromatic carbocycles. The van der Waals surface area contributed by atoms with E-state index in [1.54, 1.807) is 11.8 Å². The van der Waals surface area contributed by atoms with Gasteiger partial charge < -0.3 is 20.1 Å². The molecule has 0 amide bonds. The summed E-state index contributed by atoms with van der Waals surface area (Å²) in [5, 5.41) is 5.43. The third-order valence-electron chi connectivity index (χ3n) is 5.21. The fourth-order valence-electron chi connectivity index (χ4n) is 3.71. The van der Waals surface area contributed by atoms with Gasteiger partial charge >= 0.3 is 0 Å². The number of hydrogen-bond acceptors (Lipinski definition) is 7. The van der Waals surface area contributed by atoms with Crippen LogP contribution in [-0.2, 0) is 4.74 Å². The van der Waals surface area contributed by atoms with Crippen molar-refractivity contribution in [3.05, 3.63) is 54.6 Å². The first kappa shape index (κ1) is 18.4. The quantitative estimate of drug-likeness (QED) is 0.561. The lowest BCUT2D eigenvalue weighted by molar-refractivity contribution is 0.122. The molecule has 1 aliphatic heterocycles. The van der Waals surface area contributed by atoms with Gasteiger partial charge in [-0.05, 0) is 24.3 Å². The van der Waals surface area contributed by atoms with Gasteiger partial charge in [0.2, 0.25) is 5.95 Å². The topological polar surface area (TPSA) is 91.3 Å². The van der Waals surface area contributed by atoms with Gasteiger partial charge in [0.05, 0.1) is 37.1 Å². The third kappa shape index (κ3) is 3.11. The summed E-state index contributed by atoms with van der Waals surface area (Å²) >= 11 is 0. The van der Waals surface area contributed by atoms with Crippen LogP contribution in [0.4, 0.5) is 11.8 Å². The monoisotopic (exact) mass is 402 g/mol. The number of nitrogen functional groups attached to an aromatic ring is 1. The minimum Gasteiger partial charge on any atom is -0.496 e. The van der Waals surface area contributed by atoms with Crippen molar-refractivity contribution in [2.24, 2.45) is 0 Å². The van der Waals surface area contributed by atoms with Gasteiger partial charge in [-0.2, -0.15) is 4.98 Å². The van der Waals surface area contributed by atoms with Crippen LogP contribution in [0.1, 0.15) is 0 Å². The van der Waals surface area contributed by atoms with Gasteiger partial charge in [0.1, 0.15) is 11.6 Å². The normalized spacial score (nSPS) is 14.2. The molecule has 1 aliphatic rings. The highest BCUT2D eigenvalue weighted by Crippen LogP contribution is 2.37. The van der Waals surface area contributed by atoms with Gasteiger partial charge in [-0.15, -0.1) is 5.10 Å². The number of methoxy groups -OCH3 is 1. The van der Waals surface area contributed by atoms with Crippen LogP contribution in [0.25, 0.3) is 28.0 Å². The Bertz CT molecular complexity index is 1190. The zero-order chi connectivity index (χ0) is 20.5. The first-order valence-electron chi connectivity index (χ1n) is 9.84. The van der Waals surface area contributed by atoms with E-state index >= 15 is 0 Å². The van der Waals surface area contributed by atoms with E-state index in [9.17, 15) is 0 Å². The molecule has 0 saturated carbocycles. The summed E-state index contributed by atoms with van der Waals surface area (Å²) in [7, 11) is 1.65. The number of nitrogens with zero attached hydrogens (tertiary/aromatic N) is 5. The van der Waals surface area contributed by atoms with E-state index in [0.29, 0.717) is 41.7 Å². The van der Waals surface area contributed by atoms with Crippen LogP contribution >= 0.6 is 0 Å². The Morgan fingerprint density at radius 2 is 1.70 bits per heavy atom. The Kier molecular flexibility index (Phi) is 4.68. The van der Waals surface area contributed by atoms with E-state index in [1.165, 1.54) is 0 Å². The van der Waals surface area contributed by atoms with E-state index in [0.717, 1.165) is 30.1 Å². The SMILES string of the molecule is COc1ccccc1-c1nc(N2CCOCC2)nc2nn(-c3ccccc3)c(N)c12. The second kappa shape index (κ2) is 7.64. The van der Waals surface area contributed by atoms with Crippen LogP contribution < -0.4 is 15.4 Å². The van der Waals surface area contributed by atoms with Crippen molar-refractivity contribution >= 4 is 22.8 Å². The Hall–Kier alpha value is -3.65. The van der Waals surface area contributed by atoms with Crippen LogP contribution in [-0.4, -0.2) is 53.2 Å². The Balaban J connectivity index is 1.77. The predicted octanol–water partition coefficient (Wildman–Crippen LogP) is 2.91. The summed E-state index contributed by atoms with van der Waals surface area (Å²) in [6, 6.07) is 17.6. The highest BCUT2D eigenvalue weighted by Gasteiger charge is 2.23. The number of benzene rings is 2. The number of ether oxygens (including phenoxy) is 2. The lowest BCUT2D eigenvalue weighted by atomic mass is 10.1. The molecule has 4 aromatic rings. The summed E-state index contributed by atoms with van der Waals surface area (Å²) in [4.78, 5) is 11.8. The smallest absolute Gasteiger partial charge is 0.228 e. The van der Waals surface area contributed by atoms with E-state index in [-0.39, 0.29) is 0 Å². The van der Waals surface area contributed by atoms with Crippen LogP contribution in [0.15, 0.2) is 54.6 Å². The number of fused-ring (bicyclic) bond motifs is 1. The molecule has 0 spiro atoms. The van der Waals surface area contributed by atoms with Gasteiger partial charge in [-0.25, -0.2) is 9.67 Å². The number of nitrogens with two attached hydrogens (primary N) is 1. The molecular formula is C22H22N6O2. The Labute approximate surface area is 173 Å². The van der Waals surface area contributed by atoms with Crippen LogP contribution in [0.3, 0.4) is 0 Å². The van der Waals surface area contributed by atoms with Crippen molar-refractivity contribution in [3.63, 3.8) is 0 Å². The second-order valence-corrected chi connectivity index (χ2v) is 7.00. The maximum Gasteiger partial charge on any atom is 0.228 e. The minimum atomic E-state index is 0.491. The Morgan fingerprint density at radius 1 is 0.967 bits per heavy atom. The van der Waals surface area contributed by atoms with Gasteiger partial charge in [0.25, 0.3) is 0 Å². The molecule has 2 aromatic heterocycles. The van der Waals surface area contributed by atoms with Gasteiger partial charge in [0.15, 0.2) is 5.65 Å². The fourth-order valence-corrected chi connectivity index (χ4v) is 3.71. The predicted molar refractivity (Wildman–Crippen MR) is 116 cm³/mol. The van der Waals surface area contributed by atoms with Crippen molar-refractivity contribution in [2.75, 3.05) is 44.0 Å². The molecule has 1 saturated heterocycles. The standard InChI is InChI=1S/C22H22N6O2/c1-29-17-10-6-5-9-16(17)19-18-20(23)28(15-7-3-2-4-8-15)26-21(18)25-22(24-19)27-11-13-30-14-12-27/h2-10H,11-14,23H2,1H3. The lowest BCUT2D eigenvalue weighted by Gasteiger charge is -2.27. The molecule has 0 aliphatic carbocycles. The molecule has 152 valence electrons. The second-order valence-electron chi connectivity index (χ2n) is 7.00. The Morgan fingerprint density at radius 3 is 2.47 bits per heavy atom. The maximum absolute atomic E-state index is 6.58. The largest absolute Gasteiger partial charge is 0.496 e. The number of aromatic nitrogens is 4. The van der Waals surface area contributed by atoms with Crippen molar-refractivity contribution in [1.82, 2.24) is 19.7 Å². The zero-order valence-corrected chi connectivity index (χ0v) is 16.7. The van der Waals surface area contributed by atoms with Gasteiger partial charge in [-0.3, -0.25) is 0 Å². The lowest BCUT2D eigenvalue weighted by Crippen LogP contribution is -2.37. The number of para-hydroxylation sites is 2. The fraction of sp³-hybridized carbons (Fsp3) is 0.227. The third-order valence-corrected chi connectivity index (χ3v) is 5.21. The highest BCUT2D eigenvalue weighted by molar-refractivity contribution is 6.00. The number of rotatable bonds is 4. The van der Waals surface area contributed by atoms with Crippen LogP contribution in [0.2, 0.25) is 0 Å². The van der Waals surface area contributed by atoms with E-state index in [2.05, 4.69) is 4.90 Å². The van der Waals surface area contributed by atoms with Gasteiger partial charge in [0, 0.05) is 18.7 Å².